The van der Waals surface area contributed by atoms with Crippen LogP contribution >= 0.6 is 22.9 Å². The molecular weight excluding hydrogens is 420 g/mol. The van der Waals surface area contributed by atoms with Crippen molar-refractivity contribution in [1.29, 1.82) is 0 Å². The maximum atomic E-state index is 12.5. The lowest BCUT2D eigenvalue weighted by atomic mass is 10.2. The normalized spacial score (nSPS) is 10.6. The second-order valence-electron chi connectivity index (χ2n) is 6.46. The number of halogens is 1. The van der Waals surface area contributed by atoms with Gasteiger partial charge in [-0.1, -0.05) is 23.7 Å². The second-order valence-corrected chi connectivity index (χ2v) is 7.85. The molecule has 2 N–H and O–H groups in total. The number of anilines is 1. The number of hydrogen-bond donors (Lipinski definition) is 2. The predicted octanol–water partition coefficient (Wildman–Crippen LogP) is 4.77. The number of thiophene rings is 1. The summed E-state index contributed by atoms with van der Waals surface area (Å²) in [6.07, 6.45) is 3.55. The number of rotatable bonds is 6. The van der Waals surface area contributed by atoms with Gasteiger partial charge in [0.15, 0.2) is 0 Å². The lowest BCUT2D eigenvalue weighted by Gasteiger charge is -2.07. The Morgan fingerprint density at radius 1 is 1.03 bits per heavy atom. The average Bonchev–Trinajstić information content (AvgIpc) is 3.45. The minimum absolute atomic E-state index is 0.197. The molecule has 6 nitrogen and oxygen atoms in total. The Bertz CT molecular complexity index is 1170. The van der Waals surface area contributed by atoms with Gasteiger partial charge in [-0.25, -0.2) is 4.68 Å². The van der Waals surface area contributed by atoms with Crippen molar-refractivity contribution in [2.45, 2.75) is 6.54 Å². The molecule has 0 atom stereocenters. The Labute approximate surface area is 182 Å². The van der Waals surface area contributed by atoms with Gasteiger partial charge in [-0.3, -0.25) is 9.59 Å². The monoisotopic (exact) mass is 436 g/mol. The maximum absolute atomic E-state index is 12.5. The summed E-state index contributed by atoms with van der Waals surface area (Å²) in [7, 11) is 0. The second kappa shape index (κ2) is 8.94. The fourth-order valence-corrected chi connectivity index (χ4v) is 3.55. The Morgan fingerprint density at radius 3 is 2.63 bits per heavy atom. The van der Waals surface area contributed by atoms with Crippen LogP contribution < -0.4 is 10.6 Å². The van der Waals surface area contributed by atoms with Crippen LogP contribution in [0.1, 0.15) is 25.6 Å². The van der Waals surface area contributed by atoms with Gasteiger partial charge < -0.3 is 10.6 Å². The van der Waals surface area contributed by atoms with E-state index in [0.29, 0.717) is 27.7 Å². The summed E-state index contributed by atoms with van der Waals surface area (Å²) in [6, 6.07) is 17.7. The van der Waals surface area contributed by atoms with Gasteiger partial charge in [0, 0.05) is 34.6 Å². The zero-order chi connectivity index (χ0) is 20.9. The van der Waals surface area contributed by atoms with Crippen LogP contribution in [0.4, 0.5) is 5.69 Å². The third-order valence-electron chi connectivity index (χ3n) is 4.31. The van der Waals surface area contributed by atoms with Gasteiger partial charge in [0.05, 0.1) is 16.8 Å². The van der Waals surface area contributed by atoms with Gasteiger partial charge in [0.25, 0.3) is 11.8 Å². The zero-order valence-corrected chi connectivity index (χ0v) is 17.3. The van der Waals surface area contributed by atoms with Crippen molar-refractivity contribution in [3.05, 3.63) is 99.5 Å². The molecule has 0 radical (unpaired) electrons. The molecule has 150 valence electrons. The fourth-order valence-electron chi connectivity index (χ4n) is 2.81. The standard InChI is InChI=1S/C22H17ClN4O2S/c23-17-6-8-19(9-7-17)27-14-15(13-25-27)12-24-21(28)16-3-1-4-18(11-16)26-22(29)20-5-2-10-30-20/h1-11,13-14H,12H2,(H,24,28)(H,26,29). The molecule has 8 heteroatoms. The summed E-state index contributed by atoms with van der Waals surface area (Å²) in [5.74, 6) is -0.432. The maximum Gasteiger partial charge on any atom is 0.265 e. The lowest BCUT2D eigenvalue weighted by Crippen LogP contribution is -2.22. The predicted molar refractivity (Wildman–Crippen MR) is 118 cm³/mol. The molecular formula is C22H17ClN4O2S. The molecule has 0 bridgehead atoms. The molecule has 2 aromatic carbocycles. The van der Waals surface area contributed by atoms with E-state index in [4.69, 9.17) is 11.6 Å². The number of hydrogen-bond acceptors (Lipinski definition) is 4. The number of carbonyl (C=O) groups is 2. The van der Waals surface area contributed by atoms with Crippen molar-refractivity contribution in [2.24, 2.45) is 0 Å². The molecule has 0 aliphatic rings. The number of benzene rings is 2. The summed E-state index contributed by atoms with van der Waals surface area (Å²) < 4.78 is 1.72. The van der Waals surface area contributed by atoms with E-state index in [2.05, 4.69) is 15.7 Å². The molecule has 0 saturated carbocycles. The zero-order valence-electron chi connectivity index (χ0n) is 15.7. The SMILES string of the molecule is O=C(NCc1cnn(-c2ccc(Cl)cc2)c1)c1cccc(NC(=O)c2cccs2)c1. The van der Waals surface area contributed by atoms with Gasteiger partial charge in [-0.15, -0.1) is 11.3 Å². The van der Waals surface area contributed by atoms with Crippen molar-refractivity contribution in [1.82, 2.24) is 15.1 Å². The first-order chi connectivity index (χ1) is 14.6. The first kappa shape index (κ1) is 19.9. The number of aromatic nitrogens is 2. The largest absolute Gasteiger partial charge is 0.348 e. The van der Waals surface area contributed by atoms with E-state index < -0.39 is 0 Å². The molecule has 4 aromatic rings. The quantitative estimate of drug-likeness (QED) is 0.457. The number of carbonyl (C=O) groups excluding carboxylic acids is 2. The van der Waals surface area contributed by atoms with Crippen molar-refractivity contribution in [3.63, 3.8) is 0 Å². The van der Waals surface area contributed by atoms with E-state index in [1.165, 1.54) is 11.3 Å². The van der Waals surface area contributed by atoms with Gasteiger partial charge in [-0.05, 0) is 53.9 Å². The number of nitrogens with zero attached hydrogens (tertiary/aromatic N) is 2. The van der Waals surface area contributed by atoms with Crippen LogP contribution in [-0.2, 0) is 6.54 Å². The molecule has 2 amide bonds. The van der Waals surface area contributed by atoms with Crippen molar-refractivity contribution >= 4 is 40.4 Å². The highest BCUT2D eigenvalue weighted by molar-refractivity contribution is 7.12. The smallest absolute Gasteiger partial charge is 0.265 e. The lowest BCUT2D eigenvalue weighted by molar-refractivity contribution is 0.0949. The van der Waals surface area contributed by atoms with Crippen LogP contribution in [-0.4, -0.2) is 21.6 Å². The summed E-state index contributed by atoms with van der Waals surface area (Å²) in [5, 5.41) is 12.5. The van der Waals surface area contributed by atoms with E-state index in [9.17, 15) is 9.59 Å². The number of nitrogens with one attached hydrogen (secondary N) is 2. The Morgan fingerprint density at radius 2 is 1.87 bits per heavy atom. The number of amides is 2. The first-order valence-electron chi connectivity index (χ1n) is 9.11. The molecule has 0 saturated heterocycles. The Balaban J connectivity index is 1.37. The molecule has 30 heavy (non-hydrogen) atoms. The highest BCUT2D eigenvalue weighted by atomic mass is 35.5. The Hall–Kier alpha value is -3.42. The third-order valence-corrected chi connectivity index (χ3v) is 5.43. The van der Waals surface area contributed by atoms with E-state index in [1.54, 1.807) is 53.3 Å². The van der Waals surface area contributed by atoms with Crippen molar-refractivity contribution in [2.75, 3.05) is 5.32 Å². The summed E-state index contributed by atoms with van der Waals surface area (Å²) in [6.45, 7) is 0.332. The van der Waals surface area contributed by atoms with Crippen LogP contribution in [0, 0.1) is 0 Å². The van der Waals surface area contributed by atoms with E-state index in [0.717, 1.165) is 11.3 Å². The summed E-state index contributed by atoms with van der Waals surface area (Å²) in [4.78, 5) is 25.3. The highest BCUT2D eigenvalue weighted by Crippen LogP contribution is 2.16. The third kappa shape index (κ3) is 4.76. The highest BCUT2D eigenvalue weighted by Gasteiger charge is 2.10. The molecule has 2 heterocycles. The van der Waals surface area contributed by atoms with E-state index in [1.807, 2.05) is 29.8 Å². The van der Waals surface area contributed by atoms with Crippen LogP contribution in [0.2, 0.25) is 5.02 Å². The van der Waals surface area contributed by atoms with Gasteiger partial charge in [0.2, 0.25) is 0 Å². The van der Waals surface area contributed by atoms with E-state index >= 15 is 0 Å². The van der Waals surface area contributed by atoms with Crippen LogP contribution in [0.3, 0.4) is 0 Å². The molecule has 0 aliphatic carbocycles. The molecule has 0 spiro atoms. The summed E-state index contributed by atoms with van der Waals surface area (Å²) in [5.41, 5.74) is 2.77. The van der Waals surface area contributed by atoms with Crippen LogP contribution in [0.15, 0.2) is 78.4 Å². The van der Waals surface area contributed by atoms with Crippen molar-refractivity contribution < 1.29 is 9.59 Å². The van der Waals surface area contributed by atoms with Crippen molar-refractivity contribution in [3.8, 4) is 5.69 Å². The van der Waals surface area contributed by atoms with Gasteiger partial charge in [-0.2, -0.15) is 5.10 Å². The molecule has 0 aliphatic heterocycles. The Kier molecular flexibility index (Phi) is 5.92. The molecule has 0 unspecified atom stereocenters. The molecule has 2 aromatic heterocycles. The van der Waals surface area contributed by atoms with Crippen LogP contribution in [0.25, 0.3) is 5.69 Å². The summed E-state index contributed by atoms with van der Waals surface area (Å²) >= 11 is 7.27. The van der Waals surface area contributed by atoms with Gasteiger partial charge in [0.1, 0.15) is 0 Å². The molecule has 4 rings (SSSR count). The van der Waals surface area contributed by atoms with E-state index in [-0.39, 0.29) is 11.8 Å². The first-order valence-corrected chi connectivity index (χ1v) is 10.4. The molecule has 0 fully saturated rings. The fraction of sp³-hybridized carbons (Fsp3) is 0.0455. The average molecular weight is 437 g/mol. The van der Waals surface area contributed by atoms with Crippen LogP contribution in [0.5, 0.6) is 0 Å². The minimum Gasteiger partial charge on any atom is -0.348 e. The van der Waals surface area contributed by atoms with Gasteiger partial charge >= 0.3 is 0 Å². The minimum atomic E-state index is -0.235. The topological polar surface area (TPSA) is 76.0 Å².